The zero-order valence-electron chi connectivity index (χ0n) is 14.9. The smallest absolute Gasteiger partial charge is 0.306 e. The molecule has 0 aromatic heterocycles. The summed E-state index contributed by atoms with van der Waals surface area (Å²) in [5.74, 6) is -1.44. The first-order valence-corrected chi connectivity index (χ1v) is 8.87. The Morgan fingerprint density at radius 3 is 2.74 bits per heavy atom. The fourth-order valence-electron chi connectivity index (χ4n) is 3.00. The first-order chi connectivity index (χ1) is 12.9. The third-order valence-corrected chi connectivity index (χ3v) is 4.70. The van der Waals surface area contributed by atoms with Crippen LogP contribution >= 0.6 is 11.6 Å². The molecule has 140 valence electrons. The number of aliphatic imine (C=N–C) groups is 2. The zero-order valence-corrected chi connectivity index (χ0v) is 15.7. The van der Waals surface area contributed by atoms with Gasteiger partial charge in [-0.3, -0.25) is 14.8 Å². The Balaban J connectivity index is 2.20. The Kier molecular flexibility index (Phi) is 5.56. The highest BCUT2D eigenvalue weighted by Gasteiger charge is 2.28. The number of aliphatic carboxylic acids is 1. The molecule has 1 aliphatic heterocycles. The molecule has 3 rings (SSSR count). The number of carboxylic acids is 1. The molecule has 7 heteroatoms. The minimum atomic E-state index is -0.919. The van der Waals surface area contributed by atoms with Crippen LogP contribution in [0.25, 0.3) is 0 Å². The maximum atomic E-state index is 14.5. The predicted molar refractivity (Wildman–Crippen MR) is 106 cm³/mol. The molecule has 5 nitrogen and oxygen atoms in total. The van der Waals surface area contributed by atoms with Gasteiger partial charge in [-0.1, -0.05) is 30.7 Å². The van der Waals surface area contributed by atoms with Crippen molar-refractivity contribution in [2.24, 2.45) is 15.9 Å². The number of hydrogen-bond donors (Lipinski definition) is 2. The maximum absolute atomic E-state index is 14.5. The standard InChI is InChI=1S/C20H19ClFN3O2/c1-11(20(26)27)9-17-19(23-2)25-16-8-7-12(21)10-14(16)18(24-17)13-5-3-4-6-15(13)22/h3-8,10-11,17H,9H2,1-2H3,(H,23,25)(H,26,27)/t11?,17-/m0/s1. The molecule has 0 saturated heterocycles. The van der Waals surface area contributed by atoms with E-state index in [1.165, 1.54) is 6.07 Å². The minimum Gasteiger partial charge on any atom is -0.481 e. The number of halogens is 2. The van der Waals surface area contributed by atoms with Crippen LogP contribution in [-0.4, -0.2) is 35.7 Å². The molecule has 0 saturated carbocycles. The van der Waals surface area contributed by atoms with Crippen molar-refractivity contribution >= 4 is 34.8 Å². The summed E-state index contributed by atoms with van der Waals surface area (Å²) in [4.78, 5) is 20.3. The average Bonchev–Trinajstić information content (AvgIpc) is 2.79. The number of nitrogens with one attached hydrogen (secondary N) is 1. The second-order valence-electron chi connectivity index (χ2n) is 6.37. The predicted octanol–water partition coefficient (Wildman–Crippen LogP) is 4.25. The third kappa shape index (κ3) is 4.01. The van der Waals surface area contributed by atoms with Crippen molar-refractivity contribution < 1.29 is 14.3 Å². The molecular weight excluding hydrogens is 369 g/mol. The normalized spacial score (nSPS) is 18.9. The lowest BCUT2D eigenvalue weighted by atomic mass is 9.99. The molecule has 1 aliphatic rings. The van der Waals surface area contributed by atoms with Gasteiger partial charge in [0, 0.05) is 28.9 Å². The van der Waals surface area contributed by atoms with Gasteiger partial charge in [0.15, 0.2) is 0 Å². The molecule has 27 heavy (non-hydrogen) atoms. The van der Waals surface area contributed by atoms with Crippen LogP contribution in [0.4, 0.5) is 10.1 Å². The van der Waals surface area contributed by atoms with Crippen LogP contribution in [0.5, 0.6) is 0 Å². The number of rotatable bonds is 4. The summed E-state index contributed by atoms with van der Waals surface area (Å²) in [7, 11) is 1.61. The van der Waals surface area contributed by atoms with Crippen LogP contribution in [0.15, 0.2) is 52.4 Å². The minimum absolute atomic E-state index is 0.231. The molecule has 0 bridgehead atoms. The largest absolute Gasteiger partial charge is 0.481 e. The molecule has 0 fully saturated rings. The molecule has 0 amide bonds. The van der Waals surface area contributed by atoms with Gasteiger partial charge in [0.05, 0.1) is 11.6 Å². The number of anilines is 1. The van der Waals surface area contributed by atoms with Gasteiger partial charge in [-0.25, -0.2) is 4.39 Å². The topological polar surface area (TPSA) is 74.0 Å². The molecule has 0 aliphatic carbocycles. The number of benzene rings is 2. The Morgan fingerprint density at radius 2 is 2.07 bits per heavy atom. The number of nitrogens with zero attached hydrogens (tertiary/aromatic N) is 2. The highest BCUT2D eigenvalue weighted by molar-refractivity contribution is 6.32. The molecular formula is C20H19ClFN3O2. The van der Waals surface area contributed by atoms with Gasteiger partial charge in [-0.15, -0.1) is 0 Å². The summed E-state index contributed by atoms with van der Waals surface area (Å²) in [6.07, 6.45) is 0.231. The van der Waals surface area contributed by atoms with Crippen LogP contribution in [0.1, 0.15) is 24.5 Å². The lowest BCUT2D eigenvalue weighted by molar-refractivity contribution is -0.141. The van der Waals surface area contributed by atoms with Crippen LogP contribution in [0.3, 0.4) is 0 Å². The van der Waals surface area contributed by atoms with E-state index in [4.69, 9.17) is 16.6 Å². The van der Waals surface area contributed by atoms with E-state index in [9.17, 15) is 14.3 Å². The van der Waals surface area contributed by atoms with Crippen molar-refractivity contribution in [3.05, 3.63) is 64.4 Å². The first-order valence-electron chi connectivity index (χ1n) is 8.49. The summed E-state index contributed by atoms with van der Waals surface area (Å²) in [6.45, 7) is 1.61. The molecule has 1 unspecified atom stereocenters. The van der Waals surface area contributed by atoms with E-state index in [-0.39, 0.29) is 6.42 Å². The summed E-state index contributed by atoms with van der Waals surface area (Å²) >= 11 is 6.17. The Labute approximate surface area is 161 Å². The van der Waals surface area contributed by atoms with Gasteiger partial charge < -0.3 is 10.4 Å². The van der Waals surface area contributed by atoms with Crippen LogP contribution in [0, 0.1) is 11.7 Å². The van der Waals surface area contributed by atoms with E-state index in [1.54, 1.807) is 50.4 Å². The molecule has 0 radical (unpaired) electrons. The zero-order chi connectivity index (χ0) is 19.6. The number of carboxylic acid groups (broad SMARTS) is 1. The maximum Gasteiger partial charge on any atom is 0.306 e. The van der Waals surface area contributed by atoms with Crippen molar-refractivity contribution in [3.63, 3.8) is 0 Å². The SMILES string of the molecule is CN=C1Nc2ccc(Cl)cc2C(c2ccccc2F)=N[C@H]1CC(C)C(=O)O. The van der Waals surface area contributed by atoms with E-state index >= 15 is 0 Å². The molecule has 2 aromatic rings. The quantitative estimate of drug-likeness (QED) is 0.823. The van der Waals surface area contributed by atoms with Crippen molar-refractivity contribution in [1.29, 1.82) is 0 Å². The Morgan fingerprint density at radius 1 is 1.33 bits per heavy atom. The van der Waals surface area contributed by atoms with Gasteiger partial charge in [0.1, 0.15) is 17.7 Å². The molecule has 2 aromatic carbocycles. The highest BCUT2D eigenvalue weighted by Crippen LogP contribution is 2.29. The first kappa shape index (κ1) is 19.0. The number of hydrogen-bond acceptors (Lipinski definition) is 3. The molecule has 0 spiro atoms. The van der Waals surface area contributed by atoms with E-state index in [1.807, 2.05) is 0 Å². The third-order valence-electron chi connectivity index (χ3n) is 4.47. The number of carbonyl (C=O) groups is 1. The van der Waals surface area contributed by atoms with E-state index in [0.717, 1.165) is 0 Å². The van der Waals surface area contributed by atoms with Crippen LogP contribution in [-0.2, 0) is 4.79 Å². The molecule has 2 N–H and O–H groups in total. The lowest BCUT2D eigenvalue weighted by Gasteiger charge is -2.17. The fourth-order valence-corrected chi connectivity index (χ4v) is 3.17. The van der Waals surface area contributed by atoms with Crippen molar-refractivity contribution in [2.75, 3.05) is 12.4 Å². The monoisotopic (exact) mass is 387 g/mol. The second-order valence-corrected chi connectivity index (χ2v) is 6.81. The number of amidine groups is 1. The number of benzodiazepines with no additional fused rings is 1. The Hall–Kier alpha value is -2.73. The number of fused-ring (bicyclic) bond motifs is 1. The Bertz CT molecular complexity index is 943. The summed E-state index contributed by atoms with van der Waals surface area (Å²) in [5, 5.41) is 13.0. The summed E-state index contributed by atoms with van der Waals surface area (Å²) in [6, 6.07) is 11.0. The van der Waals surface area contributed by atoms with Gasteiger partial charge in [-0.05, 0) is 36.8 Å². The molecule has 1 heterocycles. The lowest BCUT2D eigenvalue weighted by Crippen LogP contribution is -2.29. The van der Waals surface area contributed by atoms with Crippen molar-refractivity contribution in [2.45, 2.75) is 19.4 Å². The van der Waals surface area contributed by atoms with Gasteiger partial charge in [-0.2, -0.15) is 0 Å². The van der Waals surface area contributed by atoms with E-state index in [0.29, 0.717) is 33.4 Å². The molecule has 2 atom stereocenters. The van der Waals surface area contributed by atoms with Gasteiger partial charge in [0.2, 0.25) is 0 Å². The van der Waals surface area contributed by atoms with Crippen LogP contribution in [0.2, 0.25) is 5.02 Å². The van der Waals surface area contributed by atoms with Gasteiger partial charge >= 0.3 is 5.97 Å². The second kappa shape index (κ2) is 7.88. The van der Waals surface area contributed by atoms with Crippen molar-refractivity contribution in [3.8, 4) is 0 Å². The van der Waals surface area contributed by atoms with E-state index < -0.39 is 23.7 Å². The summed E-state index contributed by atoms with van der Waals surface area (Å²) in [5.41, 5.74) is 2.07. The highest BCUT2D eigenvalue weighted by atomic mass is 35.5. The van der Waals surface area contributed by atoms with Gasteiger partial charge in [0.25, 0.3) is 0 Å². The van der Waals surface area contributed by atoms with E-state index in [2.05, 4.69) is 10.3 Å². The summed E-state index contributed by atoms with van der Waals surface area (Å²) < 4.78 is 14.5. The fraction of sp³-hybridized carbons (Fsp3) is 0.250. The van der Waals surface area contributed by atoms with Crippen LogP contribution < -0.4 is 5.32 Å². The van der Waals surface area contributed by atoms with Crippen molar-refractivity contribution in [1.82, 2.24) is 0 Å². The average molecular weight is 388 g/mol.